The maximum Gasteiger partial charge on any atom is 0.314 e. The zero-order chi connectivity index (χ0) is 17.5. The first kappa shape index (κ1) is 18.4. The highest BCUT2D eigenvalue weighted by molar-refractivity contribution is 5.77. The zero-order valence-corrected chi connectivity index (χ0v) is 13.3. The summed E-state index contributed by atoms with van der Waals surface area (Å²) in [5.41, 5.74) is -1.36. The standard InChI is InChI=1S/C17H20O6/c1-4-5-6-7-9-17(23-13(3)19)10-8-14(22-12(2)18)11-15(17)16(20)21/h4-8,10-11,15H,9H2,1-3H3,(H,20,21)/b5-4+,7-6+. The Bertz CT molecular complexity index is 596. The molecule has 1 N–H and O–H groups in total. The number of carboxylic acid groups (broad SMARTS) is 1. The Morgan fingerprint density at radius 1 is 1.26 bits per heavy atom. The Hall–Kier alpha value is -2.63. The summed E-state index contributed by atoms with van der Waals surface area (Å²) in [6.45, 7) is 4.29. The summed E-state index contributed by atoms with van der Waals surface area (Å²) >= 11 is 0. The second-order valence-electron chi connectivity index (χ2n) is 5.02. The van der Waals surface area contributed by atoms with Gasteiger partial charge < -0.3 is 14.6 Å². The fraction of sp³-hybridized carbons (Fsp3) is 0.353. The Morgan fingerprint density at radius 2 is 1.96 bits per heavy atom. The average molecular weight is 320 g/mol. The van der Waals surface area contributed by atoms with Gasteiger partial charge in [-0.3, -0.25) is 14.4 Å². The topological polar surface area (TPSA) is 89.9 Å². The summed E-state index contributed by atoms with van der Waals surface area (Å²) in [6, 6.07) is 0. The van der Waals surface area contributed by atoms with Crippen molar-refractivity contribution in [2.45, 2.75) is 32.8 Å². The van der Waals surface area contributed by atoms with E-state index in [-0.39, 0.29) is 12.2 Å². The molecule has 0 aromatic rings. The van der Waals surface area contributed by atoms with Crippen molar-refractivity contribution in [1.29, 1.82) is 0 Å². The molecule has 0 saturated heterocycles. The van der Waals surface area contributed by atoms with Crippen LogP contribution in [0, 0.1) is 5.92 Å². The van der Waals surface area contributed by atoms with E-state index in [1.54, 1.807) is 18.2 Å². The predicted molar refractivity (Wildman–Crippen MR) is 83.2 cm³/mol. The number of hydrogen-bond acceptors (Lipinski definition) is 5. The summed E-state index contributed by atoms with van der Waals surface area (Å²) in [7, 11) is 0. The van der Waals surface area contributed by atoms with E-state index in [4.69, 9.17) is 9.47 Å². The number of rotatable bonds is 6. The largest absolute Gasteiger partial charge is 0.481 e. The average Bonchev–Trinajstić information content (AvgIpc) is 2.44. The molecule has 0 aromatic carbocycles. The molecule has 2 unspecified atom stereocenters. The smallest absolute Gasteiger partial charge is 0.314 e. The van der Waals surface area contributed by atoms with E-state index < -0.39 is 29.4 Å². The van der Waals surface area contributed by atoms with Crippen molar-refractivity contribution in [2.75, 3.05) is 0 Å². The molecular formula is C17H20O6. The van der Waals surface area contributed by atoms with E-state index in [0.29, 0.717) is 0 Å². The highest BCUT2D eigenvalue weighted by Gasteiger charge is 2.44. The van der Waals surface area contributed by atoms with Crippen molar-refractivity contribution >= 4 is 17.9 Å². The molecule has 124 valence electrons. The van der Waals surface area contributed by atoms with Gasteiger partial charge in [0.15, 0.2) is 5.60 Å². The summed E-state index contributed by atoms with van der Waals surface area (Å²) in [4.78, 5) is 34.1. The van der Waals surface area contributed by atoms with Gasteiger partial charge in [0.05, 0.1) is 0 Å². The molecule has 0 amide bonds. The van der Waals surface area contributed by atoms with Crippen LogP contribution in [-0.4, -0.2) is 28.6 Å². The maximum atomic E-state index is 11.6. The first-order valence-corrected chi connectivity index (χ1v) is 7.10. The summed E-state index contributed by atoms with van der Waals surface area (Å²) in [6.07, 6.45) is 11.4. The number of carbonyl (C=O) groups is 3. The number of ether oxygens (including phenoxy) is 2. The molecule has 1 rings (SSSR count). The summed E-state index contributed by atoms with van der Waals surface area (Å²) in [5.74, 6) is -3.38. The monoisotopic (exact) mass is 320 g/mol. The van der Waals surface area contributed by atoms with Gasteiger partial charge in [0.2, 0.25) is 0 Å². The molecule has 6 nitrogen and oxygen atoms in total. The van der Waals surface area contributed by atoms with E-state index in [2.05, 4.69) is 0 Å². The molecule has 0 radical (unpaired) electrons. The quantitative estimate of drug-likeness (QED) is 0.597. The van der Waals surface area contributed by atoms with Crippen LogP contribution < -0.4 is 0 Å². The van der Waals surface area contributed by atoms with Crippen molar-refractivity contribution in [3.8, 4) is 0 Å². The minimum atomic E-state index is -1.36. The van der Waals surface area contributed by atoms with Gasteiger partial charge in [-0.1, -0.05) is 24.3 Å². The minimum absolute atomic E-state index is 0.116. The predicted octanol–water partition coefficient (Wildman–Crippen LogP) is 2.53. The third-order valence-corrected chi connectivity index (χ3v) is 3.13. The van der Waals surface area contributed by atoms with Gasteiger partial charge in [-0.2, -0.15) is 0 Å². The molecule has 1 aliphatic rings. The van der Waals surface area contributed by atoms with Crippen LogP contribution in [-0.2, 0) is 23.9 Å². The fourth-order valence-corrected chi connectivity index (χ4v) is 2.25. The first-order valence-electron chi connectivity index (χ1n) is 7.10. The number of allylic oxidation sites excluding steroid dienone is 4. The van der Waals surface area contributed by atoms with Crippen molar-refractivity contribution in [3.05, 3.63) is 48.3 Å². The summed E-state index contributed by atoms with van der Waals surface area (Å²) in [5, 5.41) is 9.49. The molecule has 0 aromatic heterocycles. The highest BCUT2D eigenvalue weighted by atomic mass is 16.6. The molecule has 23 heavy (non-hydrogen) atoms. The van der Waals surface area contributed by atoms with Crippen LogP contribution >= 0.6 is 0 Å². The summed E-state index contributed by atoms with van der Waals surface area (Å²) < 4.78 is 10.2. The van der Waals surface area contributed by atoms with Crippen LogP contribution in [0.5, 0.6) is 0 Å². The van der Waals surface area contributed by atoms with Gasteiger partial charge in [0, 0.05) is 20.3 Å². The van der Waals surface area contributed by atoms with Crippen LogP contribution in [0.25, 0.3) is 0 Å². The lowest BCUT2D eigenvalue weighted by atomic mass is 9.80. The van der Waals surface area contributed by atoms with E-state index in [0.717, 1.165) is 0 Å². The van der Waals surface area contributed by atoms with Gasteiger partial charge in [-0.25, -0.2) is 0 Å². The molecule has 0 heterocycles. The normalized spacial score (nSPS) is 23.8. The van der Waals surface area contributed by atoms with E-state index in [9.17, 15) is 19.5 Å². The van der Waals surface area contributed by atoms with Crippen LogP contribution in [0.1, 0.15) is 27.2 Å². The van der Waals surface area contributed by atoms with Crippen LogP contribution in [0.15, 0.2) is 48.3 Å². The van der Waals surface area contributed by atoms with Crippen molar-refractivity contribution in [1.82, 2.24) is 0 Å². The Kier molecular flexibility index (Phi) is 6.50. The second-order valence-corrected chi connectivity index (χ2v) is 5.02. The lowest BCUT2D eigenvalue weighted by Gasteiger charge is -2.35. The van der Waals surface area contributed by atoms with Gasteiger partial charge in [-0.15, -0.1) is 0 Å². The molecule has 1 aliphatic carbocycles. The molecule has 0 fully saturated rings. The Labute approximate surface area is 134 Å². The Balaban J connectivity index is 3.18. The molecule has 0 spiro atoms. The van der Waals surface area contributed by atoms with E-state index >= 15 is 0 Å². The molecule has 0 aliphatic heterocycles. The van der Waals surface area contributed by atoms with Gasteiger partial charge >= 0.3 is 17.9 Å². The maximum absolute atomic E-state index is 11.6. The highest BCUT2D eigenvalue weighted by Crippen LogP contribution is 2.35. The Morgan fingerprint density at radius 3 is 2.48 bits per heavy atom. The molecule has 0 saturated carbocycles. The molecule has 6 heteroatoms. The van der Waals surface area contributed by atoms with Gasteiger partial charge in [-0.05, 0) is 25.2 Å². The van der Waals surface area contributed by atoms with Crippen LogP contribution in [0.4, 0.5) is 0 Å². The fourth-order valence-electron chi connectivity index (χ4n) is 2.25. The minimum Gasteiger partial charge on any atom is -0.481 e. The number of hydrogen-bond donors (Lipinski definition) is 1. The SMILES string of the molecule is C/C=C/C=C/CC1(OC(C)=O)C=CC(OC(C)=O)=CC1C(=O)O. The van der Waals surface area contributed by atoms with E-state index in [1.807, 2.05) is 13.0 Å². The molecular weight excluding hydrogens is 300 g/mol. The van der Waals surface area contributed by atoms with Crippen molar-refractivity contribution in [3.63, 3.8) is 0 Å². The number of aliphatic carboxylic acids is 1. The van der Waals surface area contributed by atoms with Crippen LogP contribution in [0.2, 0.25) is 0 Å². The second kappa shape index (κ2) is 8.12. The first-order chi connectivity index (χ1) is 10.8. The zero-order valence-electron chi connectivity index (χ0n) is 13.3. The third kappa shape index (κ3) is 5.25. The lowest BCUT2D eigenvalue weighted by Crippen LogP contribution is -2.44. The molecule has 2 atom stereocenters. The van der Waals surface area contributed by atoms with E-state index in [1.165, 1.54) is 32.1 Å². The van der Waals surface area contributed by atoms with Crippen molar-refractivity contribution < 1.29 is 29.0 Å². The number of carbonyl (C=O) groups excluding carboxylic acids is 2. The molecule has 0 bridgehead atoms. The third-order valence-electron chi connectivity index (χ3n) is 3.13. The van der Waals surface area contributed by atoms with Gasteiger partial charge in [0.25, 0.3) is 0 Å². The lowest BCUT2D eigenvalue weighted by molar-refractivity contribution is -0.163. The van der Waals surface area contributed by atoms with Crippen molar-refractivity contribution in [2.24, 2.45) is 5.92 Å². The number of carboxylic acids is 1. The van der Waals surface area contributed by atoms with Gasteiger partial charge in [0.1, 0.15) is 11.7 Å². The number of esters is 2. The van der Waals surface area contributed by atoms with Crippen LogP contribution in [0.3, 0.4) is 0 Å².